The van der Waals surface area contributed by atoms with E-state index in [9.17, 15) is 0 Å². The van der Waals surface area contributed by atoms with Crippen molar-refractivity contribution < 1.29 is 0 Å². The van der Waals surface area contributed by atoms with Crippen LogP contribution in [0.3, 0.4) is 0 Å². The number of nitrogens with zero attached hydrogens (tertiary/aromatic N) is 4. The van der Waals surface area contributed by atoms with Gasteiger partial charge in [0.1, 0.15) is 5.82 Å². The van der Waals surface area contributed by atoms with Gasteiger partial charge < -0.3 is 15.5 Å². The highest BCUT2D eigenvalue weighted by Crippen LogP contribution is 2.25. The van der Waals surface area contributed by atoms with Gasteiger partial charge in [-0.1, -0.05) is 17.7 Å². The molecule has 3 rings (SSSR count). The number of nitrogens with one attached hydrogen (secondary N) is 2. The largest absolute Gasteiger partial charge is 0.357 e. The first-order chi connectivity index (χ1) is 12.8. The van der Waals surface area contributed by atoms with E-state index >= 15 is 0 Å². The minimum Gasteiger partial charge on any atom is -0.357 e. The Morgan fingerprint density at radius 1 is 1.33 bits per heavy atom. The lowest BCUT2D eigenvalue weighted by atomic mass is 10.2. The fourth-order valence-electron chi connectivity index (χ4n) is 3.04. The van der Waals surface area contributed by atoms with Gasteiger partial charge >= 0.3 is 0 Å². The van der Waals surface area contributed by atoms with Gasteiger partial charge in [0.05, 0.1) is 5.02 Å². The maximum Gasteiger partial charge on any atom is 0.191 e. The van der Waals surface area contributed by atoms with Gasteiger partial charge in [-0.3, -0.25) is 9.98 Å². The Balaban J connectivity index is 0.00000261. The van der Waals surface area contributed by atoms with Gasteiger partial charge in [-0.15, -0.1) is 24.0 Å². The molecule has 0 bridgehead atoms. The van der Waals surface area contributed by atoms with Crippen molar-refractivity contribution in [2.75, 3.05) is 31.1 Å². The smallest absolute Gasteiger partial charge is 0.191 e. The van der Waals surface area contributed by atoms with E-state index in [0.29, 0.717) is 11.1 Å². The van der Waals surface area contributed by atoms with Crippen molar-refractivity contribution in [1.29, 1.82) is 0 Å². The van der Waals surface area contributed by atoms with Crippen molar-refractivity contribution in [2.24, 2.45) is 4.99 Å². The molecule has 1 aliphatic heterocycles. The number of hydrogen-bond acceptors (Lipinski definition) is 4. The molecular formula is C19H26ClIN6. The maximum absolute atomic E-state index is 6.27. The predicted octanol–water partition coefficient (Wildman–Crippen LogP) is 3.12. The van der Waals surface area contributed by atoms with Gasteiger partial charge in [-0.25, -0.2) is 4.98 Å². The van der Waals surface area contributed by atoms with Crippen LogP contribution in [0.15, 0.2) is 47.8 Å². The molecule has 0 saturated carbocycles. The molecule has 1 aliphatic rings. The molecule has 0 aromatic carbocycles. The molecular weight excluding hydrogens is 475 g/mol. The van der Waals surface area contributed by atoms with E-state index in [4.69, 9.17) is 16.6 Å². The molecule has 0 amide bonds. The summed E-state index contributed by atoms with van der Waals surface area (Å²) in [6.45, 7) is 5.44. The molecule has 1 atom stereocenters. The van der Waals surface area contributed by atoms with Crippen LogP contribution >= 0.6 is 35.6 Å². The van der Waals surface area contributed by atoms with E-state index in [1.807, 2.05) is 24.4 Å². The van der Waals surface area contributed by atoms with Crippen LogP contribution < -0.4 is 15.5 Å². The molecule has 1 unspecified atom stereocenters. The summed E-state index contributed by atoms with van der Waals surface area (Å²) in [5.74, 6) is 1.72. The standard InChI is InChI=1S/C19H25ClN6.HI/c1-2-22-19(24-11-7-15-5-3-9-21-13-15)25-16-8-12-26(14-16)18-17(20)6-4-10-23-18;/h3-6,9-10,13,16H,2,7-8,11-12,14H2,1H3,(H2,22,24,25);1H. The Labute approximate surface area is 182 Å². The monoisotopic (exact) mass is 500 g/mol. The summed E-state index contributed by atoms with van der Waals surface area (Å²) in [5, 5.41) is 7.56. The van der Waals surface area contributed by atoms with Gasteiger partial charge in [0.2, 0.25) is 0 Å². The summed E-state index contributed by atoms with van der Waals surface area (Å²) in [6, 6.07) is 8.10. The van der Waals surface area contributed by atoms with E-state index in [0.717, 1.165) is 50.8 Å². The number of pyridine rings is 2. The normalized spacial score (nSPS) is 16.7. The van der Waals surface area contributed by atoms with E-state index in [1.165, 1.54) is 5.56 Å². The van der Waals surface area contributed by atoms with Crippen LogP contribution in [-0.4, -0.2) is 48.1 Å². The lowest BCUT2D eigenvalue weighted by Gasteiger charge is -2.20. The number of rotatable bonds is 6. The van der Waals surface area contributed by atoms with E-state index in [2.05, 4.69) is 38.5 Å². The average Bonchev–Trinajstić information content (AvgIpc) is 3.11. The Morgan fingerprint density at radius 3 is 2.93 bits per heavy atom. The summed E-state index contributed by atoms with van der Waals surface area (Å²) in [7, 11) is 0. The maximum atomic E-state index is 6.27. The third kappa shape index (κ3) is 6.49. The van der Waals surface area contributed by atoms with Gasteiger partial charge in [0.15, 0.2) is 5.96 Å². The fourth-order valence-corrected chi connectivity index (χ4v) is 3.28. The van der Waals surface area contributed by atoms with E-state index in [1.54, 1.807) is 12.4 Å². The molecule has 1 fully saturated rings. The SMILES string of the molecule is CCNC(=NCCc1cccnc1)NC1CCN(c2ncccc2Cl)C1.I. The Kier molecular flexibility index (Phi) is 9.06. The van der Waals surface area contributed by atoms with Gasteiger partial charge in [-0.05, 0) is 43.5 Å². The van der Waals surface area contributed by atoms with E-state index in [-0.39, 0.29) is 24.0 Å². The van der Waals surface area contributed by atoms with Gasteiger partial charge in [0, 0.05) is 50.8 Å². The first-order valence-corrected chi connectivity index (χ1v) is 9.43. The molecule has 0 aliphatic carbocycles. The molecule has 1 saturated heterocycles. The molecule has 2 aromatic heterocycles. The summed E-state index contributed by atoms with van der Waals surface area (Å²) in [5.41, 5.74) is 1.20. The molecule has 146 valence electrons. The molecule has 0 radical (unpaired) electrons. The lowest BCUT2D eigenvalue weighted by Crippen LogP contribution is -2.44. The number of hydrogen-bond donors (Lipinski definition) is 2. The van der Waals surface area contributed by atoms with Crippen LogP contribution in [0.4, 0.5) is 5.82 Å². The summed E-state index contributed by atoms with van der Waals surface area (Å²) in [6.07, 6.45) is 7.37. The van der Waals surface area contributed by atoms with Crippen molar-refractivity contribution in [3.63, 3.8) is 0 Å². The second-order valence-corrected chi connectivity index (χ2v) is 6.66. The topological polar surface area (TPSA) is 65.4 Å². The quantitative estimate of drug-likeness (QED) is 0.362. The Bertz CT molecular complexity index is 727. The van der Waals surface area contributed by atoms with Gasteiger partial charge in [-0.2, -0.15) is 0 Å². The van der Waals surface area contributed by atoms with Gasteiger partial charge in [0.25, 0.3) is 0 Å². The highest BCUT2D eigenvalue weighted by atomic mass is 127. The second kappa shape index (κ2) is 11.3. The van der Waals surface area contributed by atoms with Crippen molar-refractivity contribution in [3.05, 3.63) is 53.4 Å². The molecule has 2 N–H and O–H groups in total. The molecule has 6 nitrogen and oxygen atoms in total. The minimum atomic E-state index is 0. The van der Waals surface area contributed by atoms with E-state index < -0.39 is 0 Å². The van der Waals surface area contributed by atoms with Crippen molar-refractivity contribution in [2.45, 2.75) is 25.8 Å². The molecule has 8 heteroatoms. The van der Waals surface area contributed by atoms with Crippen LogP contribution in [0.2, 0.25) is 5.02 Å². The lowest BCUT2D eigenvalue weighted by molar-refractivity contribution is 0.648. The highest BCUT2D eigenvalue weighted by Gasteiger charge is 2.25. The first-order valence-electron chi connectivity index (χ1n) is 9.05. The minimum absolute atomic E-state index is 0. The van der Waals surface area contributed by atoms with Crippen molar-refractivity contribution in [3.8, 4) is 0 Å². The zero-order valence-corrected chi connectivity index (χ0v) is 18.5. The molecule has 0 spiro atoms. The zero-order valence-electron chi connectivity index (χ0n) is 15.4. The number of aromatic nitrogens is 2. The van der Waals surface area contributed by atoms with Crippen molar-refractivity contribution in [1.82, 2.24) is 20.6 Å². The Morgan fingerprint density at radius 2 is 2.19 bits per heavy atom. The van der Waals surface area contributed by atoms with Crippen LogP contribution in [0.1, 0.15) is 18.9 Å². The van der Waals surface area contributed by atoms with Crippen LogP contribution in [0.25, 0.3) is 0 Å². The number of anilines is 1. The third-order valence-corrected chi connectivity index (χ3v) is 4.60. The first kappa shape index (κ1) is 21.7. The predicted molar refractivity (Wildman–Crippen MR) is 122 cm³/mol. The fraction of sp³-hybridized carbons (Fsp3) is 0.421. The molecule has 2 aromatic rings. The van der Waals surface area contributed by atoms with Crippen LogP contribution in [-0.2, 0) is 6.42 Å². The number of halogens is 2. The molecule has 27 heavy (non-hydrogen) atoms. The highest BCUT2D eigenvalue weighted by molar-refractivity contribution is 14.0. The summed E-state index contributed by atoms with van der Waals surface area (Å²) >= 11 is 6.27. The number of aliphatic imine (C=N–C) groups is 1. The zero-order chi connectivity index (χ0) is 18.2. The third-order valence-electron chi connectivity index (χ3n) is 4.31. The van der Waals surface area contributed by atoms with Crippen LogP contribution in [0, 0.1) is 0 Å². The number of guanidine groups is 1. The Hall–Kier alpha value is -1.61. The summed E-state index contributed by atoms with van der Waals surface area (Å²) in [4.78, 5) is 15.5. The molecule has 3 heterocycles. The average molecular weight is 501 g/mol. The van der Waals surface area contributed by atoms with Crippen LogP contribution in [0.5, 0.6) is 0 Å². The van der Waals surface area contributed by atoms with Crippen molar-refractivity contribution >= 4 is 47.4 Å². The second-order valence-electron chi connectivity index (χ2n) is 6.26. The summed E-state index contributed by atoms with van der Waals surface area (Å²) < 4.78 is 0.